The van der Waals surface area contributed by atoms with Gasteiger partial charge in [-0.1, -0.05) is 6.08 Å². The number of hydrogen-bond donors (Lipinski definition) is 6. The molecule has 0 bridgehead atoms. The first-order chi connectivity index (χ1) is 13.9. The predicted octanol–water partition coefficient (Wildman–Crippen LogP) is 1.49. The van der Waals surface area contributed by atoms with Crippen LogP contribution in [0.1, 0.15) is 16.3 Å². The van der Waals surface area contributed by atoms with E-state index < -0.39 is 5.83 Å². The predicted molar refractivity (Wildman–Crippen MR) is 114 cm³/mol. The Kier molecular flexibility index (Phi) is 9.74. The molecule has 0 radical (unpaired) electrons. The molecule has 1 heterocycles. The lowest BCUT2D eigenvalue weighted by Gasteiger charge is -2.06. The van der Waals surface area contributed by atoms with Gasteiger partial charge in [-0.15, -0.1) is 11.3 Å². The van der Waals surface area contributed by atoms with E-state index in [9.17, 15) is 9.18 Å². The van der Waals surface area contributed by atoms with Crippen molar-refractivity contribution in [2.75, 3.05) is 19.5 Å². The second kappa shape index (κ2) is 12.0. The Morgan fingerprint density at radius 1 is 1.34 bits per heavy atom. The van der Waals surface area contributed by atoms with E-state index in [0.29, 0.717) is 39.6 Å². The molecule has 1 amide bonds. The third-order valence-electron chi connectivity index (χ3n) is 3.49. The van der Waals surface area contributed by atoms with Gasteiger partial charge in [0.05, 0.1) is 42.0 Å². The molecule has 1 aromatic heterocycles. The van der Waals surface area contributed by atoms with Gasteiger partial charge in [-0.2, -0.15) is 5.10 Å². The molecule has 0 fully saturated rings. The number of halogens is 1. The summed E-state index contributed by atoms with van der Waals surface area (Å²) in [6.45, 7) is 0. The molecule has 0 atom stereocenters. The fourth-order valence-corrected chi connectivity index (χ4v) is 3.19. The Morgan fingerprint density at radius 3 is 2.62 bits per heavy atom. The number of hydrogen-bond acceptors (Lipinski definition) is 10. The summed E-state index contributed by atoms with van der Waals surface area (Å²) in [6.07, 6.45) is 5.36. The third kappa shape index (κ3) is 6.84. The molecular weight excluding hydrogens is 399 g/mol. The molecule has 29 heavy (non-hydrogen) atoms. The number of nitrogens with one attached hydrogen (secondary N) is 4. The van der Waals surface area contributed by atoms with Crippen LogP contribution in [0.5, 0.6) is 0 Å². The van der Waals surface area contributed by atoms with E-state index in [-0.39, 0.29) is 24.3 Å². The van der Waals surface area contributed by atoms with E-state index in [1.54, 1.807) is 13.1 Å². The largest absolute Gasteiger partial charge is 0.493 e. The van der Waals surface area contributed by atoms with Gasteiger partial charge in [0.2, 0.25) is 6.41 Å². The van der Waals surface area contributed by atoms with E-state index >= 15 is 0 Å². The van der Waals surface area contributed by atoms with E-state index in [2.05, 4.69) is 20.8 Å². The summed E-state index contributed by atoms with van der Waals surface area (Å²) in [6, 6.07) is 0. The number of thiazole rings is 1. The van der Waals surface area contributed by atoms with Crippen molar-refractivity contribution in [3.8, 4) is 0 Å². The van der Waals surface area contributed by atoms with Crippen molar-refractivity contribution in [1.82, 2.24) is 10.4 Å². The van der Waals surface area contributed by atoms with Crippen molar-refractivity contribution in [1.29, 1.82) is 10.8 Å². The fourth-order valence-electron chi connectivity index (χ4n) is 2.09. The Hall–Kier alpha value is -3.54. The number of aromatic nitrogens is 1. The second-order valence-corrected chi connectivity index (χ2v) is 6.42. The van der Waals surface area contributed by atoms with Gasteiger partial charge >= 0.3 is 0 Å². The van der Waals surface area contributed by atoms with Crippen LogP contribution in [0.25, 0.3) is 5.57 Å². The van der Waals surface area contributed by atoms with Crippen LogP contribution in [-0.4, -0.2) is 44.2 Å². The van der Waals surface area contributed by atoms with Gasteiger partial charge in [0, 0.05) is 25.5 Å². The highest BCUT2D eigenvalue weighted by Crippen LogP contribution is 2.31. The van der Waals surface area contributed by atoms with Gasteiger partial charge in [-0.05, 0) is 0 Å². The minimum Gasteiger partial charge on any atom is -0.493 e. The highest BCUT2D eigenvalue weighted by Gasteiger charge is 2.15. The number of carbonyl (C=O) groups is 1. The average Bonchev–Trinajstić information content (AvgIpc) is 3.13. The van der Waals surface area contributed by atoms with Gasteiger partial charge < -0.3 is 32.3 Å². The molecule has 8 N–H and O–H groups in total. The molecule has 0 spiro atoms. The maximum Gasteiger partial charge on any atom is 0.227 e. The van der Waals surface area contributed by atoms with Crippen LogP contribution in [-0.2, 0) is 16.0 Å². The first-order valence-electron chi connectivity index (χ1n) is 8.19. The topological polar surface area (TPSA) is 175 Å². The van der Waals surface area contributed by atoms with Crippen molar-refractivity contribution >= 4 is 47.8 Å². The molecular formula is C17H23FN8O2S. The van der Waals surface area contributed by atoms with E-state index in [1.807, 2.05) is 0 Å². The molecule has 10 nitrogen and oxygen atoms in total. The number of nitrogens with zero attached hydrogens (tertiary/aromatic N) is 2. The lowest BCUT2D eigenvalue weighted by Crippen LogP contribution is -2.05. The number of methoxy groups -OCH3 is 1. The summed E-state index contributed by atoms with van der Waals surface area (Å²) in [5.41, 5.74) is 14.6. The average molecular weight is 422 g/mol. The highest BCUT2D eigenvalue weighted by molar-refractivity contribution is 7.13. The highest BCUT2D eigenvalue weighted by atomic mass is 32.1. The lowest BCUT2D eigenvalue weighted by molar-refractivity contribution is -0.109. The quantitative estimate of drug-likeness (QED) is 0.129. The van der Waals surface area contributed by atoms with Crippen molar-refractivity contribution in [2.24, 2.45) is 16.6 Å². The molecule has 0 aliphatic rings. The van der Waals surface area contributed by atoms with Gasteiger partial charge in [0.1, 0.15) is 10.8 Å². The molecule has 1 rings (SSSR count). The summed E-state index contributed by atoms with van der Waals surface area (Å²) in [7, 11) is 3.08. The normalized spacial score (nSPS) is 13.4. The SMILES string of the molecule is CNc1nc(CC(N)=C(F)C=N)sc1C(/C=N\NC=O)=C/CC(N)=C(C=N)OC. The molecule has 0 saturated carbocycles. The minimum absolute atomic E-state index is 0.0290. The number of nitrogens with two attached hydrogens (primary N) is 2. The number of carbonyl (C=O) groups excluding carboxylic acids is 1. The molecule has 0 aliphatic carbocycles. The molecule has 0 saturated heterocycles. The molecule has 0 aromatic carbocycles. The minimum atomic E-state index is -0.822. The van der Waals surface area contributed by atoms with Crippen molar-refractivity contribution in [2.45, 2.75) is 12.8 Å². The van der Waals surface area contributed by atoms with Crippen LogP contribution >= 0.6 is 11.3 Å². The number of anilines is 1. The Labute approximate surface area is 171 Å². The summed E-state index contributed by atoms with van der Waals surface area (Å²) in [5.74, 6) is -0.0993. The molecule has 0 aliphatic heterocycles. The second-order valence-electron chi connectivity index (χ2n) is 5.34. The van der Waals surface area contributed by atoms with Gasteiger partial charge in [-0.25, -0.2) is 14.8 Å². The number of hydrazone groups is 1. The maximum absolute atomic E-state index is 13.5. The smallest absolute Gasteiger partial charge is 0.227 e. The van der Waals surface area contributed by atoms with E-state index in [1.165, 1.54) is 24.7 Å². The number of rotatable bonds is 12. The first kappa shape index (κ1) is 23.5. The maximum atomic E-state index is 13.5. The monoisotopic (exact) mass is 422 g/mol. The Balaban J connectivity index is 3.36. The zero-order valence-corrected chi connectivity index (χ0v) is 16.8. The van der Waals surface area contributed by atoms with Crippen molar-refractivity contribution in [3.05, 3.63) is 38.9 Å². The Morgan fingerprint density at radius 2 is 2.07 bits per heavy atom. The standard InChI is InChI=1S/C17H23FN8O2S/c1-23-17-16(29-15(26-17)5-13(22)11(18)6-19)10(8-24-25-9-27)3-4-12(21)14(7-20)28-2/h3,6-9,19-20,23H,4-5,21-22H2,1-2H3,(H,25,27)/b10-3+,13-11?,14-12?,19-6?,20-7?,24-8-. The number of amides is 1. The summed E-state index contributed by atoms with van der Waals surface area (Å²) >= 11 is 1.24. The van der Waals surface area contributed by atoms with Gasteiger partial charge in [-0.3, -0.25) is 4.79 Å². The van der Waals surface area contributed by atoms with E-state index in [4.69, 9.17) is 27.0 Å². The number of ether oxygens (including phenoxy) is 1. The van der Waals surface area contributed by atoms with Crippen LogP contribution in [0.15, 0.2) is 34.2 Å². The molecule has 1 aromatic rings. The zero-order valence-electron chi connectivity index (χ0n) is 16.0. The fraction of sp³-hybridized carbons (Fsp3) is 0.235. The van der Waals surface area contributed by atoms with Crippen molar-refractivity contribution in [3.63, 3.8) is 0 Å². The van der Waals surface area contributed by atoms with Crippen LogP contribution in [0.4, 0.5) is 10.2 Å². The zero-order chi connectivity index (χ0) is 21.8. The van der Waals surface area contributed by atoms with Crippen LogP contribution in [0, 0.1) is 10.8 Å². The molecule has 156 valence electrons. The summed E-state index contributed by atoms with van der Waals surface area (Å²) in [4.78, 5) is 15.5. The summed E-state index contributed by atoms with van der Waals surface area (Å²) in [5, 5.41) is 21.5. The van der Waals surface area contributed by atoms with E-state index in [0.717, 1.165) is 6.21 Å². The van der Waals surface area contributed by atoms with Crippen LogP contribution < -0.4 is 22.2 Å². The van der Waals surface area contributed by atoms with Gasteiger partial charge in [0.15, 0.2) is 11.6 Å². The van der Waals surface area contributed by atoms with Crippen molar-refractivity contribution < 1.29 is 13.9 Å². The first-order valence-corrected chi connectivity index (χ1v) is 9.01. The molecule has 0 unspecified atom stereocenters. The third-order valence-corrected chi connectivity index (χ3v) is 4.59. The Bertz CT molecular complexity index is 873. The van der Waals surface area contributed by atoms with Gasteiger partial charge in [0.25, 0.3) is 0 Å². The summed E-state index contributed by atoms with van der Waals surface area (Å²) < 4.78 is 18.5. The van der Waals surface area contributed by atoms with Crippen LogP contribution in [0.2, 0.25) is 0 Å². The van der Waals surface area contributed by atoms with Crippen LogP contribution in [0.3, 0.4) is 0 Å². The molecule has 12 heteroatoms. The number of allylic oxidation sites excluding steroid dienone is 5. The lowest BCUT2D eigenvalue weighted by atomic mass is 10.1.